The van der Waals surface area contributed by atoms with E-state index in [1.54, 1.807) is 6.20 Å². The molecule has 4 nitrogen and oxygen atoms in total. The molecule has 0 spiro atoms. The third kappa shape index (κ3) is 3.28. The highest BCUT2D eigenvalue weighted by molar-refractivity contribution is 5.44. The fourth-order valence-electron chi connectivity index (χ4n) is 2.25. The minimum Gasteiger partial charge on any atom is -0.383 e. The Kier molecular flexibility index (Phi) is 3.96. The smallest absolute Gasteiger partial charge is 0.138 e. The number of hydrogen-bond acceptors (Lipinski definition) is 3. The van der Waals surface area contributed by atoms with Gasteiger partial charge in [0.1, 0.15) is 11.6 Å². The molecular weight excluding hydrogens is 260 g/mol. The van der Waals surface area contributed by atoms with E-state index in [1.165, 1.54) is 5.56 Å². The summed E-state index contributed by atoms with van der Waals surface area (Å²) in [5.74, 6) is 1.82. The van der Waals surface area contributed by atoms with E-state index in [0.29, 0.717) is 0 Å². The summed E-state index contributed by atoms with van der Waals surface area (Å²) in [6.07, 6.45) is 6.56. The first-order valence-electron chi connectivity index (χ1n) is 7.07. The van der Waals surface area contributed by atoms with E-state index in [-0.39, 0.29) is 0 Å². The summed E-state index contributed by atoms with van der Waals surface area (Å²) in [7, 11) is 0. The molecule has 2 aromatic heterocycles. The molecule has 21 heavy (non-hydrogen) atoms. The molecule has 0 amide bonds. The van der Waals surface area contributed by atoms with E-state index < -0.39 is 0 Å². The number of imidazole rings is 1. The molecule has 0 radical (unpaired) electrons. The summed E-state index contributed by atoms with van der Waals surface area (Å²) in [6.45, 7) is 2.86. The van der Waals surface area contributed by atoms with Crippen LogP contribution >= 0.6 is 0 Å². The molecule has 0 saturated carbocycles. The number of anilines is 1. The average molecular weight is 278 g/mol. The second-order valence-corrected chi connectivity index (χ2v) is 4.91. The SMILES string of the molecule is Cc1nccn1-c1ccc(NCCc2ccccc2)cn1. The number of rotatable bonds is 5. The van der Waals surface area contributed by atoms with Gasteiger partial charge in [-0.2, -0.15) is 0 Å². The molecule has 3 aromatic rings. The van der Waals surface area contributed by atoms with E-state index >= 15 is 0 Å². The Labute approximate surface area is 124 Å². The predicted octanol–water partition coefficient (Wildman–Crippen LogP) is 3.23. The fraction of sp³-hybridized carbons (Fsp3) is 0.176. The second-order valence-electron chi connectivity index (χ2n) is 4.91. The van der Waals surface area contributed by atoms with Crippen molar-refractivity contribution in [2.75, 3.05) is 11.9 Å². The maximum atomic E-state index is 4.47. The van der Waals surface area contributed by atoms with Gasteiger partial charge in [0, 0.05) is 18.9 Å². The molecule has 0 fully saturated rings. The number of nitrogens with zero attached hydrogens (tertiary/aromatic N) is 3. The Balaban J connectivity index is 1.59. The van der Waals surface area contributed by atoms with Crippen molar-refractivity contribution in [3.63, 3.8) is 0 Å². The standard InChI is InChI=1S/C17H18N4/c1-14-18-11-12-21(14)17-8-7-16(13-20-17)19-10-9-15-5-3-2-4-6-15/h2-8,11-13,19H,9-10H2,1H3. The van der Waals surface area contributed by atoms with E-state index in [1.807, 2.05) is 42.1 Å². The largest absolute Gasteiger partial charge is 0.383 e. The van der Waals surface area contributed by atoms with E-state index in [9.17, 15) is 0 Å². The molecule has 1 N–H and O–H groups in total. The Morgan fingerprint density at radius 3 is 2.57 bits per heavy atom. The first-order valence-corrected chi connectivity index (χ1v) is 7.07. The summed E-state index contributed by atoms with van der Waals surface area (Å²) < 4.78 is 1.97. The molecule has 0 saturated heterocycles. The quantitative estimate of drug-likeness (QED) is 0.779. The molecule has 3 rings (SSSR count). The lowest BCUT2D eigenvalue weighted by atomic mass is 10.1. The lowest BCUT2D eigenvalue weighted by molar-refractivity contribution is 0.931. The van der Waals surface area contributed by atoms with E-state index in [4.69, 9.17) is 0 Å². The normalized spacial score (nSPS) is 10.5. The van der Waals surface area contributed by atoms with Gasteiger partial charge in [0.25, 0.3) is 0 Å². The summed E-state index contributed by atoms with van der Waals surface area (Å²) in [5, 5.41) is 3.39. The number of nitrogens with one attached hydrogen (secondary N) is 1. The van der Waals surface area contributed by atoms with Crippen LogP contribution < -0.4 is 5.32 Å². The van der Waals surface area contributed by atoms with Gasteiger partial charge in [-0.15, -0.1) is 0 Å². The van der Waals surface area contributed by atoms with Gasteiger partial charge in [-0.1, -0.05) is 30.3 Å². The van der Waals surface area contributed by atoms with E-state index in [2.05, 4.69) is 39.6 Å². The van der Waals surface area contributed by atoms with Crippen molar-refractivity contribution in [2.24, 2.45) is 0 Å². The Bertz CT molecular complexity index is 686. The molecule has 0 aliphatic heterocycles. The summed E-state index contributed by atoms with van der Waals surface area (Å²) in [4.78, 5) is 8.67. The Hall–Kier alpha value is -2.62. The van der Waals surface area contributed by atoms with Gasteiger partial charge >= 0.3 is 0 Å². The first kappa shape index (κ1) is 13.4. The predicted molar refractivity (Wildman–Crippen MR) is 84.7 cm³/mol. The van der Waals surface area contributed by atoms with Gasteiger partial charge in [-0.25, -0.2) is 9.97 Å². The van der Waals surface area contributed by atoms with Gasteiger partial charge in [0.05, 0.1) is 11.9 Å². The van der Waals surface area contributed by atoms with Crippen LogP contribution in [0, 0.1) is 6.92 Å². The van der Waals surface area contributed by atoms with Gasteiger partial charge < -0.3 is 5.32 Å². The molecule has 0 aliphatic carbocycles. The van der Waals surface area contributed by atoms with Gasteiger partial charge in [0.2, 0.25) is 0 Å². The van der Waals surface area contributed by atoms with Gasteiger partial charge in [-0.3, -0.25) is 4.57 Å². The maximum Gasteiger partial charge on any atom is 0.138 e. The maximum absolute atomic E-state index is 4.47. The highest BCUT2D eigenvalue weighted by Crippen LogP contribution is 2.11. The van der Waals surface area contributed by atoms with Crippen LogP contribution in [0.15, 0.2) is 61.1 Å². The molecule has 0 unspecified atom stereocenters. The topological polar surface area (TPSA) is 42.7 Å². The van der Waals surface area contributed by atoms with Crippen LogP contribution in [0.5, 0.6) is 0 Å². The summed E-state index contributed by atoms with van der Waals surface area (Å²) in [5.41, 5.74) is 2.37. The molecule has 0 aliphatic rings. The zero-order valence-corrected chi connectivity index (χ0v) is 12.0. The molecule has 2 heterocycles. The lowest BCUT2D eigenvalue weighted by Gasteiger charge is -2.08. The third-order valence-corrected chi connectivity index (χ3v) is 3.41. The number of hydrogen-bond donors (Lipinski definition) is 1. The van der Waals surface area contributed by atoms with Crippen LogP contribution in [-0.2, 0) is 6.42 Å². The van der Waals surface area contributed by atoms with Crippen LogP contribution in [0.1, 0.15) is 11.4 Å². The van der Waals surface area contributed by atoms with Crippen LogP contribution in [0.2, 0.25) is 0 Å². The zero-order valence-electron chi connectivity index (χ0n) is 12.0. The minimum atomic E-state index is 0.888. The van der Waals surface area contributed by atoms with Crippen molar-refractivity contribution >= 4 is 5.69 Å². The van der Waals surface area contributed by atoms with Crippen molar-refractivity contribution in [1.82, 2.24) is 14.5 Å². The van der Waals surface area contributed by atoms with Crippen LogP contribution in [0.25, 0.3) is 5.82 Å². The average Bonchev–Trinajstić information content (AvgIpc) is 2.95. The molecule has 4 heteroatoms. The summed E-state index contributed by atoms with van der Waals surface area (Å²) in [6, 6.07) is 14.5. The number of aromatic nitrogens is 3. The second kappa shape index (κ2) is 6.22. The fourth-order valence-corrected chi connectivity index (χ4v) is 2.25. The molecule has 0 bridgehead atoms. The van der Waals surface area contributed by atoms with Crippen LogP contribution in [-0.4, -0.2) is 21.1 Å². The Morgan fingerprint density at radius 1 is 1.05 bits per heavy atom. The van der Waals surface area contributed by atoms with Crippen molar-refractivity contribution in [3.8, 4) is 5.82 Å². The Morgan fingerprint density at radius 2 is 1.90 bits per heavy atom. The number of benzene rings is 1. The highest BCUT2D eigenvalue weighted by Gasteiger charge is 2.01. The van der Waals surface area contributed by atoms with Crippen LogP contribution in [0.3, 0.4) is 0 Å². The molecular formula is C17H18N4. The van der Waals surface area contributed by atoms with Crippen molar-refractivity contribution < 1.29 is 0 Å². The first-order chi connectivity index (χ1) is 10.3. The molecule has 106 valence electrons. The monoisotopic (exact) mass is 278 g/mol. The van der Waals surface area contributed by atoms with Crippen LogP contribution in [0.4, 0.5) is 5.69 Å². The molecule has 1 aromatic carbocycles. The zero-order chi connectivity index (χ0) is 14.5. The third-order valence-electron chi connectivity index (χ3n) is 3.41. The van der Waals surface area contributed by atoms with Gasteiger partial charge in [0.15, 0.2) is 0 Å². The van der Waals surface area contributed by atoms with Crippen molar-refractivity contribution in [1.29, 1.82) is 0 Å². The van der Waals surface area contributed by atoms with Gasteiger partial charge in [-0.05, 0) is 31.0 Å². The van der Waals surface area contributed by atoms with Crippen molar-refractivity contribution in [3.05, 3.63) is 72.4 Å². The number of pyridine rings is 1. The number of aryl methyl sites for hydroxylation is 1. The van der Waals surface area contributed by atoms with E-state index in [0.717, 1.165) is 30.3 Å². The lowest BCUT2D eigenvalue weighted by Crippen LogP contribution is -2.06. The summed E-state index contributed by atoms with van der Waals surface area (Å²) >= 11 is 0. The van der Waals surface area contributed by atoms with Crippen molar-refractivity contribution in [2.45, 2.75) is 13.3 Å². The minimum absolute atomic E-state index is 0.888. The molecule has 0 atom stereocenters. The highest BCUT2D eigenvalue weighted by atomic mass is 15.1.